The van der Waals surface area contributed by atoms with Crippen molar-refractivity contribution in [1.29, 1.82) is 0 Å². The van der Waals surface area contributed by atoms with Crippen molar-refractivity contribution in [3.05, 3.63) is 0 Å². The Morgan fingerprint density at radius 3 is 2.54 bits per heavy atom. The first-order valence-electron chi connectivity index (χ1n) is 8.42. The first-order chi connectivity index (χ1) is 13.0. The fourth-order valence-electron chi connectivity index (χ4n) is 2.30. The van der Waals surface area contributed by atoms with Gasteiger partial charge < -0.3 is 19.6 Å². The molecule has 2 atom stereocenters. The number of carbonyl (C=O) groups is 5. The number of esters is 2. The summed E-state index contributed by atoms with van der Waals surface area (Å²) in [4.78, 5) is 69.6. The summed E-state index contributed by atoms with van der Waals surface area (Å²) in [5.74, 6) is -3.66. The van der Waals surface area contributed by atoms with Crippen LogP contribution in [0, 0.1) is 5.41 Å². The van der Waals surface area contributed by atoms with E-state index in [0.717, 1.165) is 0 Å². The van der Waals surface area contributed by atoms with E-state index >= 15 is 0 Å². The summed E-state index contributed by atoms with van der Waals surface area (Å²) in [5.41, 5.74) is -2.71. The topological polar surface area (TPSA) is 138 Å². The SMILES string of the molecule is CC(C)(C)C(=O)OCC1(C(=O)ON2OC[C@H](NC(=O)CBr)C2=O)CCC(=O)O1. The minimum atomic E-state index is -1.88. The van der Waals surface area contributed by atoms with Gasteiger partial charge >= 0.3 is 23.8 Å². The van der Waals surface area contributed by atoms with Crippen LogP contribution in [0.4, 0.5) is 0 Å². The average molecular weight is 465 g/mol. The highest BCUT2D eigenvalue weighted by molar-refractivity contribution is 9.09. The van der Waals surface area contributed by atoms with Crippen LogP contribution in [0.3, 0.4) is 0 Å². The van der Waals surface area contributed by atoms with E-state index in [9.17, 15) is 24.0 Å². The summed E-state index contributed by atoms with van der Waals surface area (Å²) in [6.45, 7) is 4.08. The second-order valence-corrected chi connectivity index (χ2v) is 7.88. The van der Waals surface area contributed by atoms with E-state index in [1.807, 2.05) is 0 Å². The van der Waals surface area contributed by atoms with E-state index in [0.29, 0.717) is 5.23 Å². The highest BCUT2D eigenvalue weighted by atomic mass is 79.9. The van der Waals surface area contributed by atoms with E-state index in [4.69, 9.17) is 19.1 Å². The molecule has 156 valence electrons. The molecule has 28 heavy (non-hydrogen) atoms. The van der Waals surface area contributed by atoms with Crippen molar-refractivity contribution in [3.8, 4) is 0 Å². The van der Waals surface area contributed by atoms with Gasteiger partial charge in [0.2, 0.25) is 11.5 Å². The molecule has 0 aromatic heterocycles. The predicted molar refractivity (Wildman–Crippen MR) is 93.1 cm³/mol. The Morgan fingerprint density at radius 2 is 2.00 bits per heavy atom. The lowest BCUT2D eigenvalue weighted by molar-refractivity contribution is -0.310. The highest BCUT2D eigenvalue weighted by Gasteiger charge is 2.53. The molecule has 11 nitrogen and oxygen atoms in total. The standard InChI is InChI=1S/C16H21BrN2O9/c1-15(2,3)13(23)25-8-16(5-4-11(21)27-16)14(24)28-19-12(22)9(7-26-19)18-10(20)6-17/h9H,4-8H2,1-3H3,(H,18,20)/t9-,16?/m0/s1. The maximum absolute atomic E-state index is 12.6. The molecule has 0 radical (unpaired) electrons. The molecule has 2 rings (SSSR count). The number of carbonyl (C=O) groups excluding carboxylic acids is 5. The van der Waals surface area contributed by atoms with Crippen LogP contribution in [0.1, 0.15) is 33.6 Å². The van der Waals surface area contributed by atoms with Gasteiger partial charge in [-0.2, -0.15) is 0 Å². The van der Waals surface area contributed by atoms with E-state index in [1.165, 1.54) is 0 Å². The van der Waals surface area contributed by atoms with Gasteiger partial charge in [0.15, 0.2) is 0 Å². The van der Waals surface area contributed by atoms with Crippen molar-refractivity contribution in [2.24, 2.45) is 5.41 Å². The molecule has 0 aromatic rings. The molecule has 0 aromatic carbocycles. The number of hydroxylamine groups is 2. The van der Waals surface area contributed by atoms with Crippen molar-refractivity contribution in [2.45, 2.75) is 45.3 Å². The third-order valence-electron chi connectivity index (χ3n) is 3.92. The minimum absolute atomic E-state index is 0.0191. The Morgan fingerprint density at radius 1 is 1.32 bits per heavy atom. The molecule has 2 fully saturated rings. The van der Waals surface area contributed by atoms with Gasteiger partial charge in [-0.05, 0) is 26.0 Å². The Labute approximate surface area is 169 Å². The zero-order valence-electron chi connectivity index (χ0n) is 15.6. The zero-order chi connectivity index (χ0) is 21.1. The van der Waals surface area contributed by atoms with E-state index in [1.54, 1.807) is 20.8 Å². The second-order valence-electron chi connectivity index (χ2n) is 7.32. The largest absolute Gasteiger partial charge is 0.460 e. The first kappa shape index (κ1) is 22.1. The van der Waals surface area contributed by atoms with Gasteiger partial charge in [-0.25, -0.2) is 9.63 Å². The lowest BCUT2D eigenvalue weighted by atomic mass is 9.97. The number of nitrogens with one attached hydrogen (secondary N) is 1. The van der Waals surface area contributed by atoms with E-state index in [-0.39, 0.29) is 24.8 Å². The maximum atomic E-state index is 12.6. The number of halogens is 1. The molecule has 2 heterocycles. The maximum Gasteiger partial charge on any atom is 0.382 e. The molecule has 0 spiro atoms. The lowest BCUT2D eigenvalue weighted by Crippen LogP contribution is -2.49. The zero-order valence-corrected chi connectivity index (χ0v) is 17.2. The Hall–Kier alpha value is -2.21. The van der Waals surface area contributed by atoms with E-state index < -0.39 is 53.4 Å². The number of hydrogen-bond donors (Lipinski definition) is 1. The molecular formula is C16H21BrN2O9. The van der Waals surface area contributed by atoms with Gasteiger partial charge in [0.25, 0.3) is 0 Å². The van der Waals surface area contributed by atoms with Crippen LogP contribution in [-0.4, -0.2) is 65.1 Å². The number of hydrogen-bond acceptors (Lipinski definition) is 9. The summed E-state index contributed by atoms with van der Waals surface area (Å²) in [5, 5.41) is 2.68. The van der Waals surface area contributed by atoms with Crippen molar-refractivity contribution in [1.82, 2.24) is 10.5 Å². The normalized spacial score (nSPS) is 24.7. The summed E-state index contributed by atoms with van der Waals surface area (Å²) in [6.07, 6.45) is -0.172. The summed E-state index contributed by atoms with van der Waals surface area (Å²) < 4.78 is 10.2. The third-order valence-corrected chi connectivity index (χ3v) is 4.43. The smallest absolute Gasteiger partial charge is 0.382 e. The van der Waals surface area contributed by atoms with E-state index in [2.05, 4.69) is 21.2 Å². The molecule has 1 N–H and O–H groups in total. The average Bonchev–Trinajstić information content (AvgIpc) is 3.17. The van der Waals surface area contributed by atoms with Crippen molar-refractivity contribution >= 4 is 45.7 Å². The van der Waals surface area contributed by atoms with Crippen LogP contribution < -0.4 is 5.32 Å². The number of nitrogens with zero attached hydrogens (tertiary/aromatic N) is 1. The second kappa shape index (κ2) is 8.43. The molecular weight excluding hydrogens is 444 g/mol. The molecule has 1 unspecified atom stereocenters. The quantitative estimate of drug-likeness (QED) is 0.416. The lowest BCUT2D eigenvalue weighted by Gasteiger charge is -2.27. The van der Waals surface area contributed by atoms with Crippen molar-refractivity contribution in [2.75, 3.05) is 18.5 Å². The van der Waals surface area contributed by atoms with Gasteiger partial charge in [0.05, 0.1) is 17.2 Å². The van der Waals surface area contributed by atoms with Crippen LogP contribution in [0.5, 0.6) is 0 Å². The Bertz CT molecular complexity index is 690. The summed E-state index contributed by atoms with van der Waals surface area (Å²) >= 11 is 2.94. The van der Waals surface area contributed by atoms with Gasteiger partial charge in [0.1, 0.15) is 19.3 Å². The van der Waals surface area contributed by atoms with Gasteiger partial charge in [0, 0.05) is 6.42 Å². The van der Waals surface area contributed by atoms with Gasteiger partial charge in [-0.3, -0.25) is 19.2 Å². The predicted octanol–water partition coefficient (Wildman–Crippen LogP) is -0.237. The molecule has 0 bridgehead atoms. The van der Waals surface area contributed by atoms with Crippen molar-refractivity contribution < 1.29 is 43.1 Å². The summed E-state index contributed by atoms with van der Waals surface area (Å²) in [6, 6.07) is -1.03. The van der Waals surface area contributed by atoms with Crippen LogP contribution in [0.25, 0.3) is 0 Å². The molecule has 2 saturated heterocycles. The number of amides is 2. The van der Waals surface area contributed by atoms with Crippen LogP contribution in [-0.2, 0) is 43.1 Å². The number of cyclic esters (lactones) is 1. The van der Waals surface area contributed by atoms with Crippen LogP contribution >= 0.6 is 15.9 Å². The fraction of sp³-hybridized carbons (Fsp3) is 0.688. The fourth-order valence-corrected chi connectivity index (χ4v) is 2.46. The van der Waals surface area contributed by atoms with Crippen LogP contribution in [0.15, 0.2) is 0 Å². The van der Waals surface area contributed by atoms with Gasteiger partial charge in [-0.1, -0.05) is 15.9 Å². The minimum Gasteiger partial charge on any atom is -0.460 e. The molecule has 12 heteroatoms. The van der Waals surface area contributed by atoms with Gasteiger partial charge in [-0.15, -0.1) is 0 Å². The number of alkyl halides is 1. The third kappa shape index (κ3) is 4.98. The first-order valence-corrected chi connectivity index (χ1v) is 9.54. The molecule has 0 aliphatic carbocycles. The Kier molecular flexibility index (Phi) is 6.65. The monoisotopic (exact) mass is 464 g/mol. The highest BCUT2D eigenvalue weighted by Crippen LogP contribution is 2.30. The molecule has 2 amide bonds. The number of ether oxygens (including phenoxy) is 2. The summed E-state index contributed by atoms with van der Waals surface area (Å²) in [7, 11) is 0. The Balaban J connectivity index is 2.04. The number of rotatable bonds is 6. The molecule has 2 aliphatic heterocycles. The van der Waals surface area contributed by atoms with Crippen LogP contribution in [0.2, 0.25) is 0 Å². The molecule has 2 aliphatic rings. The molecule has 0 saturated carbocycles. The van der Waals surface area contributed by atoms with Crippen molar-refractivity contribution in [3.63, 3.8) is 0 Å².